The van der Waals surface area contributed by atoms with E-state index in [-0.39, 0.29) is 5.56 Å². The summed E-state index contributed by atoms with van der Waals surface area (Å²) in [7, 11) is 4.64. The lowest BCUT2D eigenvalue weighted by Gasteiger charge is -2.13. The first-order valence-corrected chi connectivity index (χ1v) is 12.9. The molecule has 5 aromatic rings. The zero-order valence-electron chi connectivity index (χ0n) is 21.2. The Labute approximate surface area is 223 Å². The molecular weight excluding hydrogens is 504 g/mol. The predicted octanol–water partition coefficient (Wildman–Crippen LogP) is 5.01. The number of fused-ring (bicyclic) bond motifs is 1. The lowest BCUT2D eigenvalue weighted by molar-refractivity contribution is 0.324. The molecule has 0 aliphatic heterocycles. The number of aromatic nitrogens is 4. The number of thioether (sulfide) groups is 1. The van der Waals surface area contributed by atoms with Gasteiger partial charge in [-0.3, -0.25) is 9.36 Å². The Balaban J connectivity index is 1.41. The standard InChI is InChI=1S/C28H26N4O5S/c1-34-22-15-19(16-23(35-2)25(22)36-3)26-30-24(37-31-26)17-38-28-29-21-12-8-7-11-20(21)27(33)32(28)14-13-18-9-5-4-6-10-18/h4-12,15-16H,13-14,17H2,1-3H3. The second kappa shape index (κ2) is 11.4. The topological polar surface area (TPSA) is 102 Å². The third-order valence-electron chi connectivity index (χ3n) is 6.01. The molecule has 0 saturated carbocycles. The molecule has 5 rings (SSSR count). The van der Waals surface area contributed by atoms with Gasteiger partial charge >= 0.3 is 0 Å². The molecule has 0 amide bonds. The van der Waals surface area contributed by atoms with Crippen LogP contribution in [-0.2, 0) is 18.7 Å². The lowest BCUT2D eigenvalue weighted by atomic mass is 10.1. The minimum Gasteiger partial charge on any atom is -0.493 e. The maximum absolute atomic E-state index is 13.4. The van der Waals surface area contributed by atoms with Crippen LogP contribution in [0.1, 0.15) is 11.5 Å². The van der Waals surface area contributed by atoms with E-state index in [1.165, 1.54) is 11.8 Å². The highest BCUT2D eigenvalue weighted by atomic mass is 32.2. The SMILES string of the molecule is COc1cc(-c2noc(CSc3nc4ccccc4c(=O)n3CCc3ccccc3)n2)cc(OC)c1OC. The van der Waals surface area contributed by atoms with Crippen LogP contribution >= 0.6 is 11.8 Å². The Bertz CT molecular complexity index is 1590. The molecule has 0 aliphatic carbocycles. The molecule has 38 heavy (non-hydrogen) atoms. The number of hydrogen-bond donors (Lipinski definition) is 0. The van der Waals surface area contributed by atoms with Crippen LogP contribution in [0.4, 0.5) is 0 Å². The van der Waals surface area contributed by atoms with Gasteiger partial charge in [0.05, 0.1) is 38.0 Å². The van der Waals surface area contributed by atoms with Gasteiger partial charge in [0.2, 0.25) is 17.5 Å². The second-order valence-electron chi connectivity index (χ2n) is 8.32. The van der Waals surface area contributed by atoms with Crippen LogP contribution in [0.15, 0.2) is 81.2 Å². The average Bonchev–Trinajstić information content (AvgIpc) is 3.44. The first-order valence-electron chi connectivity index (χ1n) is 11.9. The lowest BCUT2D eigenvalue weighted by Crippen LogP contribution is -2.24. The van der Waals surface area contributed by atoms with Crippen LogP contribution in [0.5, 0.6) is 17.2 Å². The van der Waals surface area contributed by atoms with Gasteiger partial charge in [-0.1, -0.05) is 59.4 Å². The van der Waals surface area contributed by atoms with Crippen molar-refractivity contribution in [1.82, 2.24) is 19.7 Å². The van der Waals surface area contributed by atoms with Gasteiger partial charge in [-0.25, -0.2) is 4.98 Å². The second-order valence-corrected chi connectivity index (χ2v) is 9.26. The summed E-state index contributed by atoms with van der Waals surface area (Å²) >= 11 is 1.38. The number of methoxy groups -OCH3 is 3. The summed E-state index contributed by atoms with van der Waals surface area (Å²) in [5.41, 5.74) is 2.38. The van der Waals surface area contributed by atoms with Crippen LogP contribution in [-0.4, -0.2) is 41.0 Å². The molecule has 2 heterocycles. The van der Waals surface area contributed by atoms with Crippen molar-refractivity contribution >= 4 is 22.7 Å². The molecule has 0 atom stereocenters. The largest absolute Gasteiger partial charge is 0.493 e. The Kier molecular flexibility index (Phi) is 7.60. The summed E-state index contributed by atoms with van der Waals surface area (Å²) < 4.78 is 23.5. The van der Waals surface area contributed by atoms with Crippen molar-refractivity contribution in [3.63, 3.8) is 0 Å². The summed E-state index contributed by atoms with van der Waals surface area (Å²) in [5.74, 6) is 2.58. The third kappa shape index (κ3) is 5.21. The van der Waals surface area contributed by atoms with Crippen molar-refractivity contribution in [1.29, 1.82) is 0 Å². The van der Waals surface area contributed by atoms with E-state index in [4.69, 9.17) is 23.7 Å². The van der Waals surface area contributed by atoms with E-state index in [9.17, 15) is 4.79 Å². The van der Waals surface area contributed by atoms with Crippen molar-refractivity contribution in [2.75, 3.05) is 21.3 Å². The number of nitrogens with zero attached hydrogens (tertiary/aromatic N) is 4. The molecule has 3 aromatic carbocycles. The van der Waals surface area contributed by atoms with E-state index in [0.29, 0.717) is 69.3 Å². The van der Waals surface area contributed by atoms with Gasteiger partial charge in [0.25, 0.3) is 5.56 Å². The van der Waals surface area contributed by atoms with Crippen LogP contribution in [0.2, 0.25) is 0 Å². The van der Waals surface area contributed by atoms with Crippen LogP contribution in [0.3, 0.4) is 0 Å². The number of benzene rings is 3. The zero-order chi connectivity index (χ0) is 26.5. The summed E-state index contributed by atoms with van der Waals surface area (Å²) in [6.07, 6.45) is 0.709. The minimum absolute atomic E-state index is 0.0716. The number of ether oxygens (including phenoxy) is 3. The highest BCUT2D eigenvalue weighted by Gasteiger charge is 2.18. The Hall–Kier alpha value is -4.31. The van der Waals surface area contributed by atoms with Crippen molar-refractivity contribution in [3.8, 4) is 28.6 Å². The van der Waals surface area contributed by atoms with E-state index in [1.54, 1.807) is 44.1 Å². The van der Waals surface area contributed by atoms with Gasteiger partial charge in [0, 0.05) is 12.1 Å². The number of hydrogen-bond acceptors (Lipinski definition) is 9. The molecule has 0 spiro atoms. The number of aryl methyl sites for hydroxylation is 1. The summed E-state index contributed by atoms with van der Waals surface area (Å²) in [4.78, 5) is 22.7. The van der Waals surface area contributed by atoms with Crippen molar-refractivity contribution in [3.05, 3.63) is 88.5 Å². The van der Waals surface area contributed by atoms with Crippen molar-refractivity contribution < 1.29 is 18.7 Å². The smallest absolute Gasteiger partial charge is 0.262 e. The molecule has 0 bridgehead atoms. The van der Waals surface area contributed by atoms with Gasteiger partial charge in [0.15, 0.2) is 16.7 Å². The summed E-state index contributed by atoms with van der Waals surface area (Å²) in [5, 5.41) is 5.32. The van der Waals surface area contributed by atoms with Crippen LogP contribution in [0, 0.1) is 0 Å². The summed E-state index contributed by atoms with van der Waals surface area (Å²) in [6, 6.07) is 21.0. The van der Waals surface area contributed by atoms with Crippen LogP contribution in [0.25, 0.3) is 22.3 Å². The van der Waals surface area contributed by atoms with E-state index < -0.39 is 0 Å². The maximum atomic E-state index is 13.4. The van der Waals surface area contributed by atoms with E-state index >= 15 is 0 Å². The molecule has 9 nitrogen and oxygen atoms in total. The Morgan fingerprint density at radius 3 is 2.32 bits per heavy atom. The van der Waals surface area contributed by atoms with Gasteiger partial charge in [-0.15, -0.1) is 0 Å². The summed E-state index contributed by atoms with van der Waals surface area (Å²) in [6.45, 7) is 0.504. The molecular formula is C28H26N4O5S. The number of rotatable bonds is 10. The fourth-order valence-electron chi connectivity index (χ4n) is 4.11. The molecule has 2 aromatic heterocycles. The Morgan fingerprint density at radius 1 is 0.895 bits per heavy atom. The van der Waals surface area contributed by atoms with Gasteiger partial charge in [-0.05, 0) is 36.2 Å². The first kappa shape index (κ1) is 25.3. The molecule has 0 N–H and O–H groups in total. The highest BCUT2D eigenvalue weighted by molar-refractivity contribution is 7.98. The van der Waals surface area contributed by atoms with E-state index in [1.807, 2.05) is 36.4 Å². The fraction of sp³-hybridized carbons (Fsp3) is 0.214. The molecule has 0 unspecified atom stereocenters. The molecule has 10 heteroatoms. The monoisotopic (exact) mass is 530 g/mol. The van der Waals surface area contributed by atoms with E-state index in [2.05, 4.69) is 22.3 Å². The molecule has 0 saturated heterocycles. The third-order valence-corrected chi connectivity index (χ3v) is 6.97. The normalized spacial score (nSPS) is 11.0. The highest BCUT2D eigenvalue weighted by Crippen LogP contribution is 2.40. The Morgan fingerprint density at radius 2 is 1.61 bits per heavy atom. The van der Waals surface area contributed by atoms with Gasteiger partial charge < -0.3 is 18.7 Å². The van der Waals surface area contributed by atoms with E-state index in [0.717, 1.165) is 5.56 Å². The number of para-hydroxylation sites is 1. The fourth-order valence-corrected chi connectivity index (χ4v) is 4.97. The van der Waals surface area contributed by atoms with Crippen molar-refractivity contribution in [2.24, 2.45) is 0 Å². The molecule has 0 radical (unpaired) electrons. The molecule has 194 valence electrons. The molecule has 0 aliphatic rings. The molecule has 0 fully saturated rings. The first-order chi connectivity index (χ1) is 18.6. The predicted molar refractivity (Wildman–Crippen MR) is 145 cm³/mol. The van der Waals surface area contributed by atoms with Crippen molar-refractivity contribution in [2.45, 2.75) is 23.9 Å². The zero-order valence-corrected chi connectivity index (χ0v) is 22.0. The average molecular weight is 531 g/mol. The van der Waals surface area contributed by atoms with Gasteiger partial charge in [-0.2, -0.15) is 4.98 Å². The van der Waals surface area contributed by atoms with Crippen LogP contribution < -0.4 is 19.8 Å². The van der Waals surface area contributed by atoms with Gasteiger partial charge in [0.1, 0.15) is 0 Å². The minimum atomic E-state index is -0.0716. The maximum Gasteiger partial charge on any atom is 0.262 e. The quantitative estimate of drug-likeness (QED) is 0.182.